The predicted molar refractivity (Wildman–Crippen MR) is 63.1 cm³/mol. The van der Waals surface area contributed by atoms with Crippen molar-refractivity contribution in [2.24, 2.45) is 5.73 Å². The fourth-order valence-electron chi connectivity index (χ4n) is 1.22. The van der Waals surface area contributed by atoms with E-state index in [1.165, 1.54) is 0 Å². The van der Waals surface area contributed by atoms with Crippen LogP contribution in [0.15, 0.2) is 29.2 Å². The number of sulfone groups is 1. The quantitative estimate of drug-likeness (QED) is 0.748. The van der Waals surface area contributed by atoms with E-state index in [0.717, 1.165) is 5.56 Å². The maximum absolute atomic E-state index is 11.8. The normalized spacial score (nSPS) is 11.6. The van der Waals surface area contributed by atoms with E-state index in [9.17, 15) is 8.42 Å². The number of hydrogen-bond donors (Lipinski definition) is 1. The number of rotatable bonds is 6. The molecule has 0 aliphatic rings. The molecule has 0 aliphatic carbocycles. The van der Waals surface area contributed by atoms with Gasteiger partial charge in [-0.1, -0.05) is 17.7 Å². The molecule has 1 aromatic carbocycles. The van der Waals surface area contributed by atoms with Crippen molar-refractivity contribution in [1.82, 2.24) is 0 Å². The zero-order chi connectivity index (χ0) is 12.0. The lowest BCUT2D eigenvalue weighted by atomic mass is 10.2. The van der Waals surface area contributed by atoms with Gasteiger partial charge >= 0.3 is 0 Å². The van der Waals surface area contributed by atoms with Gasteiger partial charge < -0.3 is 10.5 Å². The minimum Gasteiger partial charge on any atom is -0.379 e. The van der Waals surface area contributed by atoms with Crippen molar-refractivity contribution in [3.8, 4) is 0 Å². The van der Waals surface area contributed by atoms with Gasteiger partial charge in [-0.25, -0.2) is 8.42 Å². The van der Waals surface area contributed by atoms with E-state index in [-0.39, 0.29) is 12.4 Å². The summed E-state index contributed by atoms with van der Waals surface area (Å²) < 4.78 is 28.7. The van der Waals surface area contributed by atoms with Crippen LogP contribution in [0.3, 0.4) is 0 Å². The van der Waals surface area contributed by atoms with E-state index >= 15 is 0 Å². The van der Waals surface area contributed by atoms with Crippen LogP contribution in [0.4, 0.5) is 0 Å². The third-order valence-electron chi connectivity index (χ3n) is 2.14. The summed E-state index contributed by atoms with van der Waals surface area (Å²) in [6.07, 6.45) is 0. The zero-order valence-electron chi connectivity index (χ0n) is 9.35. The van der Waals surface area contributed by atoms with E-state index < -0.39 is 9.84 Å². The first-order valence-corrected chi connectivity index (χ1v) is 6.79. The molecule has 90 valence electrons. The van der Waals surface area contributed by atoms with Gasteiger partial charge in [-0.3, -0.25) is 0 Å². The predicted octanol–water partition coefficient (Wildman–Crippen LogP) is 0.744. The second-order valence-corrected chi connectivity index (χ2v) is 5.64. The Balaban J connectivity index is 2.60. The molecule has 1 rings (SSSR count). The molecule has 0 unspecified atom stereocenters. The van der Waals surface area contributed by atoms with Crippen LogP contribution in [0.2, 0.25) is 0 Å². The standard InChI is InChI=1S/C11H17NO3S/c1-10-2-4-11(5-3-10)16(13,14)9-8-15-7-6-12/h2-5H,6-9,12H2,1H3. The Kier molecular flexibility index (Phi) is 4.92. The molecule has 0 saturated heterocycles. The first-order chi connectivity index (χ1) is 7.56. The lowest BCUT2D eigenvalue weighted by Gasteiger charge is -2.05. The number of benzene rings is 1. The molecule has 0 saturated carbocycles. The van der Waals surface area contributed by atoms with Crippen LogP contribution >= 0.6 is 0 Å². The molecular formula is C11H17NO3S. The van der Waals surface area contributed by atoms with Crippen molar-refractivity contribution in [3.05, 3.63) is 29.8 Å². The topological polar surface area (TPSA) is 69.4 Å². The van der Waals surface area contributed by atoms with E-state index in [2.05, 4.69) is 0 Å². The average molecular weight is 243 g/mol. The molecule has 0 fully saturated rings. The molecule has 0 amide bonds. The molecule has 1 aromatic rings. The highest BCUT2D eigenvalue weighted by Crippen LogP contribution is 2.11. The SMILES string of the molecule is Cc1ccc(S(=O)(=O)CCOCCN)cc1. The van der Waals surface area contributed by atoms with Crippen LogP contribution in [0.1, 0.15) is 5.56 Å². The third-order valence-corrected chi connectivity index (χ3v) is 3.83. The molecule has 0 radical (unpaired) electrons. The van der Waals surface area contributed by atoms with Gasteiger partial charge in [0.1, 0.15) is 0 Å². The highest BCUT2D eigenvalue weighted by Gasteiger charge is 2.13. The Morgan fingerprint density at radius 3 is 2.38 bits per heavy atom. The van der Waals surface area contributed by atoms with Crippen LogP contribution in [0.5, 0.6) is 0 Å². The Hall–Kier alpha value is -0.910. The van der Waals surface area contributed by atoms with Crippen LogP contribution < -0.4 is 5.73 Å². The van der Waals surface area contributed by atoms with Crippen LogP contribution in [0, 0.1) is 6.92 Å². The van der Waals surface area contributed by atoms with Crippen molar-refractivity contribution in [2.45, 2.75) is 11.8 Å². The van der Waals surface area contributed by atoms with Gasteiger partial charge in [0, 0.05) is 6.54 Å². The number of ether oxygens (including phenoxy) is 1. The van der Waals surface area contributed by atoms with Crippen molar-refractivity contribution >= 4 is 9.84 Å². The molecule has 0 spiro atoms. The summed E-state index contributed by atoms with van der Waals surface area (Å²) in [7, 11) is -3.22. The van der Waals surface area contributed by atoms with Gasteiger partial charge in [0.05, 0.1) is 23.9 Å². The van der Waals surface area contributed by atoms with Gasteiger partial charge in [0.25, 0.3) is 0 Å². The third kappa shape index (κ3) is 3.92. The minimum atomic E-state index is -3.22. The Morgan fingerprint density at radius 2 is 1.81 bits per heavy atom. The Morgan fingerprint density at radius 1 is 1.19 bits per heavy atom. The second kappa shape index (κ2) is 5.98. The molecule has 4 nitrogen and oxygen atoms in total. The first kappa shape index (κ1) is 13.2. The van der Waals surface area contributed by atoms with Gasteiger partial charge in [-0.2, -0.15) is 0 Å². The largest absolute Gasteiger partial charge is 0.379 e. The molecule has 5 heteroatoms. The Bertz CT molecular complexity index is 411. The summed E-state index contributed by atoms with van der Waals surface area (Å²) in [6.45, 7) is 2.90. The summed E-state index contributed by atoms with van der Waals surface area (Å²) in [5, 5.41) is 0. The maximum Gasteiger partial charge on any atom is 0.180 e. The summed E-state index contributed by atoms with van der Waals surface area (Å²) >= 11 is 0. The Labute approximate surface area is 96.3 Å². The molecular weight excluding hydrogens is 226 g/mol. The van der Waals surface area contributed by atoms with E-state index in [4.69, 9.17) is 10.5 Å². The van der Waals surface area contributed by atoms with E-state index in [0.29, 0.717) is 18.0 Å². The lowest BCUT2D eigenvalue weighted by molar-refractivity contribution is 0.157. The average Bonchev–Trinajstić information content (AvgIpc) is 2.25. The van der Waals surface area contributed by atoms with Crippen molar-refractivity contribution in [2.75, 3.05) is 25.5 Å². The van der Waals surface area contributed by atoms with Crippen LogP contribution in [0.25, 0.3) is 0 Å². The maximum atomic E-state index is 11.8. The summed E-state index contributed by atoms with van der Waals surface area (Å²) in [5.41, 5.74) is 6.27. The monoisotopic (exact) mass is 243 g/mol. The number of nitrogens with two attached hydrogens (primary N) is 1. The van der Waals surface area contributed by atoms with Crippen molar-refractivity contribution in [1.29, 1.82) is 0 Å². The molecule has 0 atom stereocenters. The van der Waals surface area contributed by atoms with Gasteiger partial charge in [-0.15, -0.1) is 0 Å². The van der Waals surface area contributed by atoms with Gasteiger partial charge in [0.2, 0.25) is 0 Å². The summed E-state index contributed by atoms with van der Waals surface area (Å²) in [4.78, 5) is 0.342. The fourth-order valence-corrected chi connectivity index (χ4v) is 2.34. The van der Waals surface area contributed by atoms with Crippen LogP contribution in [-0.4, -0.2) is 33.9 Å². The number of hydrogen-bond acceptors (Lipinski definition) is 4. The first-order valence-electron chi connectivity index (χ1n) is 5.13. The number of aryl methyl sites for hydroxylation is 1. The molecule has 2 N–H and O–H groups in total. The molecule has 0 aliphatic heterocycles. The lowest BCUT2D eigenvalue weighted by Crippen LogP contribution is -2.16. The minimum absolute atomic E-state index is 0.00391. The second-order valence-electron chi connectivity index (χ2n) is 3.53. The highest BCUT2D eigenvalue weighted by molar-refractivity contribution is 7.91. The van der Waals surface area contributed by atoms with Gasteiger partial charge in [0.15, 0.2) is 9.84 Å². The van der Waals surface area contributed by atoms with Crippen LogP contribution in [-0.2, 0) is 14.6 Å². The zero-order valence-corrected chi connectivity index (χ0v) is 10.2. The van der Waals surface area contributed by atoms with E-state index in [1.807, 2.05) is 6.92 Å². The fraction of sp³-hybridized carbons (Fsp3) is 0.455. The summed E-state index contributed by atoms with van der Waals surface area (Å²) in [5.74, 6) is -0.00391. The molecule has 16 heavy (non-hydrogen) atoms. The smallest absolute Gasteiger partial charge is 0.180 e. The molecule has 0 bridgehead atoms. The highest BCUT2D eigenvalue weighted by atomic mass is 32.2. The summed E-state index contributed by atoms with van der Waals surface area (Å²) in [6, 6.07) is 6.81. The molecule has 0 aromatic heterocycles. The van der Waals surface area contributed by atoms with Crippen molar-refractivity contribution in [3.63, 3.8) is 0 Å². The van der Waals surface area contributed by atoms with Crippen molar-refractivity contribution < 1.29 is 13.2 Å². The molecule has 0 heterocycles. The van der Waals surface area contributed by atoms with Gasteiger partial charge in [-0.05, 0) is 19.1 Å². The van der Waals surface area contributed by atoms with E-state index in [1.54, 1.807) is 24.3 Å².